The maximum absolute atomic E-state index is 11.0. The van der Waals surface area contributed by atoms with Crippen molar-refractivity contribution in [3.05, 3.63) is 107 Å². The highest BCUT2D eigenvalue weighted by molar-refractivity contribution is 5.98. The third-order valence-corrected chi connectivity index (χ3v) is 4.18. The van der Waals surface area contributed by atoms with E-state index in [0.717, 1.165) is 18.3 Å². The van der Waals surface area contributed by atoms with Gasteiger partial charge in [-0.2, -0.15) is 0 Å². The quantitative estimate of drug-likeness (QED) is 0.425. The summed E-state index contributed by atoms with van der Waals surface area (Å²) in [6.07, 6.45) is 1.82. The lowest BCUT2D eigenvalue weighted by molar-refractivity contribution is 0.112. The van der Waals surface area contributed by atoms with E-state index in [-0.39, 0.29) is 0 Å². The summed E-state index contributed by atoms with van der Waals surface area (Å²) in [4.78, 5) is 11.0. The first-order chi connectivity index (χ1) is 11.8. The average Bonchev–Trinajstić information content (AvgIpc) is 2.67. The smallest absolute Gasteiger partial charge is 0.150 e. The first-order valence-corrected chi connectivity index (χ1v) is 8.23. The summed E-state index contributed by atoms with van der Waals surface area (Å²) in [6, 6.07) is 28.8. The highest BCUT2D eigenvalue weighted by Crippen LogP contribution is 2.34. The largest absolute Gasteiger partial charge is 0.298 e. The van der Waals surface area contributed by atoms with Gasteiger partial charge >= 0.3 is 0 Å². The van der Waals surface area contributed by atoms with Crippen LogP contribution in [0.15, 0.2) is 84.9 Å². The summed E-state index contributed by atoms with van der Waals surface area (Å²) in [5, 5.41) is 0. The Morgan fingerprint density at radius 2 is 1.21 bits per heavy atom. The van der Waals surface area contributed by atoms with Gasteiger partial charge in [0.05, 0.1) is 0 Å². The van der Waals surface area contributed by atoms with Gasteiger partial charge in [0.2, 0.25) is 0 Å². The zero-order chi connectivity index (χ0) is 16.8. The molecule has 0 saturated carbocycles. The maximum atomic E-state index is 11.0. The number of benzene rings is 3. The Kier molecular flexibility index (Phi) is 5.02. The lowest BCUT2D eigenvalue weighted by Gasteiger charge is -2.16. The van der Waals surface area contributed by atoms with Crippen LogP contribution in [0.3, 0.4) is 0 Å². The van der Waals surface area contributed by atoms with Gasteiger partial charge in [0, 0.05) is 5.56 Å². The number of carbonyl (C=O) groups excluding carboxylic acids is 1. The molecule has 0 heterocycles. The van der Waals surface area contributed by atoms with Crippen LogP contribution in [-0.4, -0.2) is 6.29 Å². The maximum Gasteiger partial charge on any atom is 0.150 e. The third-order valence-electron chi connectivity index (χ3n) is 4.18. The second-order valence-corrected chi connectivity index (χ2v) is 5.68. The molecular weight excluding hydrogens is 292 g/mol. The molecule has 3 aromatic rings. The average molecular weight is 312 g/mol. The summed E-state index contributed by atoms with van der Waals surface area (Å²) in [6.45, 7) is 2.19. The van der Waals surface area contributed by atoms with Gasteiger partial charge in [-0.3, -0.25) is 4.79 Å². The minimum atomic E-state index is 0.698. The predicted molar refractivity (Wildman–Crippen MR) is 101 cm³/mol. The molecule has 0 spiro atoms. The molecule has 1 nitrogen and oxygen atoms in total. The van der Waals surface area contributed by atoms with E-state index in [9.17, 15) is 4.79 Å². The Bertz CT molecular complexity index is 828. The van der Waals surface area contributed by atoms with E-state index in [1.807, 2.05) is 36.4 Å². The Balaban J connectivity index is 2.24. The van der Waals surface area contributed by atoms with Crippen molar-refractivity contribution in [1.29, 1.82) is 0 Å². The van der Waals surface area contributed by atoms with Crippen molar-refractivity contribution in [2.24, 2.45) is 0 Å². The molecule has 3 rings (SSSR count). The molecule has 3 aromatic carbocycles. The molecular formula is C23H20O. The Morgan fingerprint density at radius 3 is 1.71 bits per heavy atom. The van der Waals surface area contributed by atoms with E-state index >= 15 is 0 Å². The molecule has 0 fully saturated rings. The highest BCUT2D eigenvalue weighted by atomic mass is 16.1. The molecule has 0 aliphatic carbocycles. The van der Waals surface area contributed by atoms with Gasteiger partial charge in [-0.15, -0.1) is 0 Å². The van der Waals surface area contributed by atoms with Crippen LogP contribution < -0.4 is 0 Å². The number of allylic oxidation sites excluding steroid dienone is 1. The third kappa shape index (κ3) is 3.36. The monoisotopic (exact) mass is 312 g/mol. The number of hydrogen-bond acceptors (Lipinski definition) is 1. The van der Waals surface area contributed by atoms with Crippen LogP contribution in [0.4, 0.5) is 0 Å². The van der Waals surface area contributed by atoms with Crippen molar-refractivity contribution in [2.45, 2.75) is 13.3 Å². The van der Waals surface area contributed by atoms with Gasteiger partial charge in [-0.1, -0.05) is 91.9 Å². The molecule has 1 heteroatoms. The summed E-state index contributed by atoms with van der Waals surface area (Å²) in [7, 11) is 0. The lowest BCUT2D eigenvalue weighted by atomic mass is 9.88. The Morgan fingerprint density at radius 1 is 0.708 bits per heavy atom. The number of aldehydes is 1. The number of hydrogen-bond donors (Lipinski definition) is 0. The Hall–Kier alpha value is -2.93. The van der Waals surface area contributed by atoms with Gasteiger partial charge in [-0.25, -0.2) is 0 Å². The van der Waals surface area contributed by atoms with Crippen LogP contribution in [0.2, 0.25) is 0 Å². The van der Waals surface area contributed by atoms with Crippen molar-refractivity contribution in [2.75, 3.05) is 0 Å². The van der Waals surface area contributed by atoms with Crippen LogP contribution in [0.1, 0.15) is 40.4 Å². The van der Waals surface area contributed by atoms with Crippen molar-refractivity contribution >= 4 is 17.4 Å². The molecule has 0 amide bonds. The molecule has 0 N–H and O–H groups in total. The van der Waals surface area contributed by atoms with Crippen LogP contribution >= 0.6 is 0 Å². The van der Waals surface area contributed by atoms with Crippen molar-refractivity contribution in [3.8, 4) is 0 Å². The fraction of sp³-hybridized carbons (Fsp3) is 0.0870. The van der Waals surface area contributed by atoms with Crippen molar-refractivity contribution in [1.82, 2.24) is 0 Å². The number of carbonyl (C=O) groups is 1. The summed E-state index contributed by atoms with van der Waals surface area (Å²) in [5.41, 5.74) is 6.79. The van der Waals surface area contributed by atoms with Crippen LogP contribution in [0.25, 0.3) is 11.1 Å². The molecule has 0 aliphatic heterocycles. The highest BCUT2D eigenvalue weighted by Gasteiger charge is 2.12. The first-order valence-electron chi connectivity index (χ1n) is 8.23. The Labute approximate surface area is 143 Å². The lowest BCUT2D eigenvalue weighted by Crippen LogP contribution is -1.95. The molecule has 0 radical (unpaired) electrons. The summed E-state index contributed by atoms with van der Waals surface area (Å²) >= 11 is 0. The minimum absolute atomic E-state index is 0.698. The van der Waals surface area contributed by atoms with Crippen LogP contribution in [-0.2, 0) is 0 Å². The van der Waals surface area contributed by atoms with E-state index in [4.69, 9.17) is 0 Å². The normalized spacial score (nSPS) is 11.7. The van der Waals surface area contributed by atoms with E-state index in [0.29, 0.717) is 5.56 Å². The second-order valence-electron chi connectivity index (χ2n) is 5.68. The zero-order valence-electron chi connectivity index (χ0n) is 13.8. The molecule has 0 aliphatic rings. The predicted octanol–water partition coefficient (Wildman–Crippen LogP) is 5.87. The molecule has 0 atom stereocenters. The van der Waals surface area contributed by atoms with Gasteiger partial charge in [0.1, 0.15) is 6.29 Å². The first kappa shape index (κ1) is 15.9. The van der Waals surface area contributed by atoms with E-state index < -0.39 is 0 Å². The second kappa shape index (κ2) is 7.56. The van der Waals surface area contributed by atoms with Gasteiger partial charge < -0.3 is 0 Å². The van der Waals surface area contributed by atoms with E-state index in [2.05, 4.69) is 55.5 Å². The fourth-order valence-electron chi connectivity index (χ4n) is 3.01. The van der Waals surface area contributed by atoms with Gasteiger partial charge in [0.15, 0.2) is 0 Å². The topological polar surface area (TPSA) is 17.1 Å². The summed E-state index contributed by atoms with van der Waals surface area (Å²) in [5.74, 6) is 0. The number of rotatable bonds is 5. The fourth-order valence-corrected chi connectivity index (χ4v) is 3.01. The molecule has 0 aromatic heterocycles. The van der Waals surface area contributed by atoms with Crippen LogP contribution in [0.5, 0.6) is 0 Å². The van der Waals surface area contributed by atoms with Crippen LogP contribution in [0, 0.1) is 0 Å². The van der Waals surface area contributed by atoms with E-state index in [1.54, 1.807) is 0 Å². The standard InChI is InChI=1S/C23H20O/c1-2-22(19-9-5-3-6-10-19)23(20-11-7-4-8-12-20)21-15-13-18(17-24)14-16-21/h3-17H,2H2,1H3. The molecule has 0 unspecified atom stereocenters. The molecule has 0 saturated heterocycles. The SMILES string of the molecule is CCC(=C(c1ccccc1)c1ccc(C=O)cc1)c1ccccc1. The zero-order valence-corrected chi connectivity index (χ0v) is 13.8. The van der Waals surface area contributed by atoms with Gasteiger partial charge in [0.25, 0.3) is 0 Å². The van der Waals surface area contributed by atoms with Gasteiger partial charge in [-0.05, 0) is 34.3 Å². The van der Waals surface area contributed by atoms with E-state index in [1.165, 1.54) is 22.3 Å². The molecule has 118 valence electrons. The molecule has 24 heavy (non-hydrogen) atoms. The minimum Gasteiger partial charge on any atom is -0.298 e. The van der Waals surface area contributed by atoms with Crippen molar-refractivity contribution in [3.63, 3.8) is 0 Å². The summed E-state index contributed by atoms with van der Waals surface area (Å²) < 4.78 is 0. The van der Waals surface area contributed by atoms with Crippen molar-refractivity contribution < 1.29 is 4.79 Å². The molecule has 0 bridgehead atoms.